The van der Waals surface area contributed by atoms with Crippen LogP contribution in [0.5, 0.6) is 11.5 Å². The minimum atomic E-state index is -0.0194. The summed E-state index contributed by atoms with van der Waals surface area (Å²) in [6, 6.07) is 18.3. The van der Waals surface area contributed by atoms with Crippen molar-refractivity contribution in [1.29, 1.82) is 0 Å². The predicted molar refractivity (Wildman–Crippen MR) is 123 cm³/mol. The van der Waals surface area contributed by atoms with Crippen LogP contribution in [0.1, 0.15) is 17.3 Å². The third-order valence-electron chi connectivity index (χ3n) is 5.12. The molecule has 4 rings (SSSR count). The van der Waals surface area contributed by atoms with Gasteiger partial charge in [-0.25, -0.2) is 0 Å². The Balaban J connectivity index is 1.69. The van der Waals surface area contributed by atoms with Crippen LogP contribution in [0.4, 0.5) is 5.69 Å². The fourth-order valence-electron chi connectivity index (χ4n) is 3.70. The highest BCUT2D eigenvalue weighted by Gasteiger charge is 2.31. The largest absolute Gasteiger partial charge is 0.493 e. The first-order valence-corrected chi connectivity index (χ1v) is 10.5. The van der Waals surface area contributed by atoms with Crippen LogP contribution in [0.3, 0.4) is 0 Å². The Bertz CT molecular complexity index is 1020. The van der Waals surface area contributed by atoms with Gasteiger partial charge in [-0.1, -0.05) is 22.0 Å². The molecule has 1 aliphatic rings. The SMILES string of the molecule is COc1ccc([C@H]2c3cccn3CCN2C(=S)Nc2ccc(Br)cc2)cc1OC. The van der Waals surface area contributed by atoms with E-state index in [0.29, 0.717) is 16.6 Å². The van der Waals surface area contributed by atoms with Gasteiger partial charge in [0.15, 0.2) is 16.6 Å². The van der Waals surface area contributed by atoms with E-state index >= 15 is 0 Å². The lowest BCUT2D eigenvalue weighted by Gasteiger charge is -2.39. The van der Waals surface area contributed by atoms with Gasteiger partial charge in [-0.3, -0.25) is 0 Å². The number of rotatable bonds is 4. The summed E-state index contributed by atoms with van der Waals surface area (Å²) >= 11 is 9.29. The van der Waals surface area contributed by atoms with E-state index in [1.807, 2.05) is 36.4 Å². The number of methoxy groups -OCH3 is 2. The highest BCUT2D eigenvalue weighted by Crippen LogP contribution is 2.37. The number of nitrogens with zero attached hydrogens (tertiary/aromatic N) is 2. The van der Waals surface area contributed by atoms with Crippen LogP contribution in [-0.4, -0.2) is 35.3 Å². The summed E-state index contributed by atoms with van der Waals surface area (Å²) in [5.41, 5.74) is 3.26. The second-order valence-electron chi connectivity index (χ2n) is 6.77. The van der Waals surface area contributed by atoms with E-state index in [4.69, 9.17) is 21.7 Å². The lowest BCUT2D eigenvalue weighted by atomic mass is 9.99. The Kier molecular flexibility index (Phi) is 5.78. The smallest absolute Gasteiger partial charge is 0.174 e. The molecule has 2 aromatic carbocycles. The van der Waals surface area contributed by atoms with Crippen molar-refractivity contribution in [2.45, 2.75) is 12.6 Å². The van der Waals surface area contributed by atoms with Gasteiger partial charge < -0.3 is 24.3 Å². The molecule has 0 spiro atoms. The first kappa shape index (κ1) is 19.8. The molecule has 0 amide bonds. The van der Waals surface area contributed by atoms with Gasteiger partial charge >= 0.3 is 0 Å². The molecule has 1 aromatic heterocycles. The van der Waals surface area contributed by atoms with Crippen molar-refractivity contribution in [2.24, 2.45) is 0 Å². The summed E-state index contributed by atoms with van der Waals surface area (Å²) in [5, 5.41) is 4.08. The fraction of sp³-hybridized carbons (Fsp3) is 0.227. The topological polar surface area (TPSA) is 38.7 Å². The second-order valence-corrected chi connectivity index (χ2v) is 8.08. The number of nitrogens with one attached hydrogen (secondary N) is 1. The van der Waals surface area contributed by atoms with Crippen LogP contribution in [0.2, 0.25) is 0 Å². The summed E-state index contributed by atoms with van der Waals surface area (Å²) in [7, 11) is 3.30. The van der Waals surface area contributed by atoms with Crippen molar-refractivity contribution in [3.63, 3.8) is 0 Å². The molecule has 0 unspecified atom stereocenters. The maximum atomic E-state index is 5.82. The zero-order valence-electron chi connectivity index (χ0n) is 16.3. The lowest BCUT2D eigenvalue weighted by Crippen LogP contribution is -2.44. The molecule has 7 heteroatoms. The molecule has 5 nitrogen and oxygen atoms in total. The lowest BCUT2D eigenvalue weighted by molar-refractivity contribution is 0.291. The number of fused-ring (bicyclic) bond motifs is 1. The maximum Gasteiger partial charge on any atom is 0.174 e. The first-order chi connectivity index (χ1) is 14.1. The van der Waals surface area contributed by atoms with Gasteiger partial charge in [0.05, 0.1) is 20.3 Å². The van der Waals surface area contributed by atoms with Crippen LogP contribution in [0.25, 0.3) is 0 Å². The normalized spacial score (nSPS) is 15.6. The van der Waals surface area contributed by atoms with E-state index in [1.165, 1.54) is 5.69 Å². The number of ether oxygens (including phenoxy) is 2. The zero-order valence-corrected chi connectivity index (χ0v) is 18.7. The van der Waals surface area contributed by atoms with Crippen LogP contribution in [0, 0.1) is 0 Å². The highest BCUT2D eigenvalue weighted by molar-refractivity contribution is 9.10. The van der Waals surface area contributed by atoms with Crippen LogP contribution in [0.15, 0.2) is 65.3 Å². The minimum Gasteiger partial charge on any atom is -0.493 e. The average Bonchev–Trinajstić information content (AvgIpc) is 3.23. The summed E-state index contributed by atoms with van der Waals surface area (Å²) in [6.45, 7) is 1.69. The monoisotopic (exact) mass is 471 g/mol. The van der Waals surface area contributed by atoms with Crippen molar-refractivity contribution in [1.82, 2.24) is 9.47 Å². The molecule has 0 radical (unpaired) electrons. The van der Waals surface area contributed by atoms with Crippen molar-refractivity contribution < 1.29 is 9.47 Å². The molecule has 0 saturated carbocycles. The van der Waals surface area contributed by atoms with E-state index in [0.717, 1.165) is 28.8 Å². The number of anilines is 1. The van der Waals surface area contributed by atoms with Crippen LogP contribution < -0.4 is 14.8 Å². The van der Waals surface area contributed by atoms with Gasteiger partial charge in [0.1, 0.15) is 0 Å². The molecular weight excluding hydrogens is 450 g/mol. The fourth-order valence-corrected chi connectivity index (χ4v) is 4.28. The molecule has 3 aromatic rings. The number of hydrogen-bond donors (Lipinski definition) is 1. The average molecular weight is 472 g/mol. The molecule has 150 valence electrons. The van der Waals surface area contributed by atoms with E-state index in [2.05, 4.69) is 55.1 Å². The Hall–Kier alpha value is -2.51. The van der Waals surface area contributed by atoms with Crippen molar-refractivity contribution >= 4 is 38.9 Å². The molecule has 1 aliphatic heterocycles. The third kappa shape index (κ3) is 3.97. The van der Waals surface area contributed by atoms with Crippen LogP contribution in [-0.2, 0) is 6.54 Å². The Morgan fingerprint density at radius 2 is 1.79 bits per heavy atom. The van der Waals surface area contributed by atoms with E-state index in [9.17, 15) is 0 Å². The number of halogens is 1. The molecule has 2 heterocycles. The number of thiocarbonyl (C=S) groups is 1. The molecule has 0 fully saturated rings. The number of aromatic nitrogens is 1. The maximum absolute atomic E-state index is 5.82. The third-order valence-corrected chi connectivity index (χ3v) is 5.98. The summed E-state index contributed by atoms with van der Waals surface area (Å²) in [4.78, 5) is 2.23. The molecule has 1 N–H and O–H groups in total. The number of benzene rings is 2. The molecule has 0 aliphatic carbocycles. The van der Waals surface area contributed by atoms with Crippen molar-refractivity contribution in [2.75, 3.05) is 26.1 Å². The summed E-state index contributed by atoms with van der Waals surface area (Å²) in [6.07, 6.45) is 2.12. The van der Waals surface area contributed by atoms with Crippen molar-refractivity contribution in [3.8, 4) is 11.5 Å². The van der Waals surface area contributed by atoms with Gasteiger partial charge in [-0.05, 0) is 66.3 Å². The van der Waals surface area contributed by atoms with Crippen molar-refractivity contribution in [3.05, 3.63) is 76.5 Å². The molecule has 0 bridgehead atoms. The molecule has 0 saturated heterocycles. The molecule has 1 atom stereocenters. The van der Waals surface area contributed by atoms with Gasteiger partial charge in [0.2, 0.25) is 0 Å². The highest BCUT2D eigenvalue weighted by atomic mass is 79.9. The molecular formula is C22H22BrN3O2S. The standard InChI is InChI=1S/C22H22BrN3O2S/c1-27-19-10-5-15(14-20(19)28-2)21-18-4-3-11-25(18)12-13-26(21)22(29)24-17-8-6-16(23)7-9-17/h3-11,14,21H,12-13H2,1-2H3,(H,24,29)/t21-/m0/s1. The van der Waals surface area contributed by atoms with Gasteiger partial charge in [-0.2, -0.15) is 0 Å². The number of hydrogen-bond acceptors (Lipinski definition) is 3. The quantitative estimate of drug-likeness (QED) is 0.537. The van der Waals surface area contributed by atoms with E-state index < -0.39 is 0 Å². The first-order valence-electron chi connectivity index (χ1n) is 9.31. The zero-order chi connectivity index (χ0) is 20.4. The van der Waals surface area contributed by atoms with Gasteiger partial charge in [0, 0.05) is 35.1 Å². The predicted octanol–water partition coefficient (Wildman–Crippen LogP) is 5.07. The minimum absolute atomic E-state index is 0.0194. The van der Waals surface area contributed by atoms with E-state index in [1.54, 1.807) is 14.2 Å². The summed E-state index contributed by atoms with van der Waals surface area (Å²) in [5.74, 6) is 1.42. The Morgan fingerprint density at radius 3 is 2.52 bits per heavy atom. The van der Waals surface area contributed by atoms with Gasteiger partial charge in [0.25, 0.3) is 0 Å². The Morgan fingerprint density at radius 1 is 1.03 bits per heavy atom. The van der Waals surface area contributed by atoms with Crippen LogP contribution >= 0.6 is 28.1 Å². The second kappa shape index (κ2) is 8.47. The van der Waals surface area contributed by atoms with Gasteiger partial charge in [-0.15, -0.1) is 0 Å². The summed E-state index contributed by atoms with van der Waals surface area (Å²) < 4.78 is 14.3. The Labute approximate surface area is 184 Å². The molecule has 29 heavy (non-hydrogen) atoms. The van der Waals surface area contributed by atoms with E-state index in [-0.39, 0.29) is 6.04 Å².